The van der Waals surface area contributed by atoms with Crippen LogP contribution in [0.2, 0.25) is 0 Å². The van der Waals surface area contributed by atoms with E-state index in [9.17, 15) is 0 Å². The lowest BCUT2D eigenvalue weighted by atomic mass is 10.0. The van der Waals surface area contributed by atoms with Crippen molar-refractivity contribution in [2.75, 3.05) is 0 Å². The van der Waals surface area contributed by atoms with E-state index in [0.29, 0.717) is 17.6 Å². The molecule has 7 aromatic carbocycles. The van der Waals surface area contributed by atoms with Crippen molar-refractivity contribution in [2.24, 2.45) is 0 Å². The second-order valence-corrected chi connectivity index (χ2v) is 13.5. The maximum absolute atomic E-state index is 5.18. The summed E-state index contributed by atoms with van der Waals surface area (Å²) in [4.78, 5) is 15.5. The molecule has 0 bridgehead atoms. The molecule has 10 aromatic rings. The minimum atomic E-state index is 0.589. The molecule has 3 heterocycles. The third-order valence-corrected chi connectivity index (χ3v) is 10.7. The molecular formula is C45H28N4S. The number of hydrogen-bond donors (Lipinski definition) is 0. The highest BCUT2D eigenvalue weighted by atomic mass is 32.1. The monoisotopic (exact) mass is 656 g/mol. The molecule has 234 valence electrons. The molecule has 50 heavy (non-hydrogen) atoms. The van der Waals surface area contributed by atoms with E-state index in [1.165, 1.54) is 31.3 Å². The van der Waals surface area contributed by atoms with Gasteiger partial charge in [-0.05, 0) is 46.5 Å². The highest BCUT2D eigenvalue weighted by molar-refractivity contribution is 7.26. The fourth-order valence-electron chi connectivity index (χ4n) is 7.10. The first-order chi connectivity index (χ1) is 24.8. The largest absolute Gasteiger partial charge is 0.278 e. The third kappa shape index (κ3) is 4.71. The van der Waals surface area contributed by atoms with Crippen LogP contribution in [0.3, 0.4) is 0 Å². The second kappa shape index (κ2) is 11.6. The van der Waals surface area contributed by atoms with Crippen LogP contribution in [0.4, 0.5) is 0 Å². The zero-order chi connectivity index (χ0) is 33.0. The molecule has 0 saturated heterocycles. The Labute approximate surface area is 292 Å². The van der Waals surface area contributed by atoms with E-state index in [0.717, 1.165) is 44.1 Å². The van der Waals surface area contributed by atoms with Crippen LogP contribution in [0.15, 0.2) is 170 Å². The van der Waals surface area contributed by atoms with Crippen molar-refractivity contribution in [1.82, 2.24) is 19.5 Å². The van der Waals surface area contributed by atoms with Crippen LogP contribution in [0.25, 0.3) is 93.0 Å². The number of rotatable bonds is 5. The van der Waals surface area contributed by atoms with Crippen LogP contribution in [0.1, 0.15) is 0 Å². The van der Waals surface area contributed by atoms with Gasteiger partial charge in [0.15, 0.2) is 11.6 Å². The van der Waals surface area contributed by atoms with Gasteiger partial charge in [0.05, 0.1) is 11.0 Å². The van der Waals surface area contributed by atoms with Gasteiger partial charge in [-0.25, -0.2) is 4.98 Å². The first kappa shape index (κ1) is 28.6. The Morgan fingerprint density at radius 3 is 1.70 bits per heavy atom. The van der Waals surface area contributed by atoms with E-state index < -0.39 is 0 Å². The summed E-state index contributed by atoms with van der Waals surface area (Å²) in [5.74, 6) is 1.85. The van der Waals surface area contributed by atoms with Crippen LogP contribution in [-0.4, -0.2) is 19.5 Å². The number of nitrogens with zero attached hydrogens (tertiary/aromatic N) is 4. The van der Waals surface area contributed by atoms with Crippen LogP contribution < -0.4 is 0 Å². The maximum Gasteiger partial charge on any atom is 0.238 e. The molecule has 3 aromatic heterocycles. The number of para-hydroxylation sites is 2. The molecule has 5 heteroatoms. The fraction of sp³-hybridized carbons (Fsp3) is 0. The van der Waals surface area contributed by atoms with Crippen LogP contribution in [-0.2, 0) is 0 Å². The first-order valence-electron chi connectivity index (χ1n) is 16.7. The lowest BCUT2D eigenvalue weighted by Gasteiger charge is -2.12. The lowest BCUT2D eigenvalue weighted by Crippen LogP contribution is -2.06. The quantitative estimate of drug-likeness (QED) is 0.185. The summed E-state index contributed by atoms with van der Waals surface area (Å²) in [5, 5.41) is 4.93. The predicted molar refractivity (Wildman–Crippen MR) is 209 cm³/mol. The predicted octanol–water partition coefficient (Wildman–Crippen LogP) is 12.0. The summed E-state index contributed by atoms with van der Waals surface area (Å²) < 4.78 is 4.77. The number of hydrogen-bond acceptors (Lipinski definition) is 4. The Kier molecular flexibility index (Phi) is 6.64. The standard InChI is InChI=1S/C45H28N4S/c1-2-12-29(13-3-1)32-14-10-15-33(28-32)44-46-43(47-45(48-44)49-39-21-7-4-16-35(39)36-17-5-8-22-40(36)49)31-26-24-30(25-27-31)34-19-11-20-38-37-18-6-9-23-41(37)50-42(34)38/h1-28H. The number of thiophene rings is 1. The smallest absolute Gasteiger partial charge is 0.238 e. The van der Waals surface area contributed by atoms with E-state index in [1.54, 1.807) is 0 Å². The normalized spacial score (nSPS) is 11.6. The Hall–Kier alpha value is -6.43. The van der Waals surface area contributed by atoms with Crippen molar-refractivity contribution in [1.29, 1.82) is 0 Å². The average molecular weight is 657 g/mol. The van der Waals surface area contributed by atoms with E-state index in [4.69, 9.17) is 15.0 Å². The van der Waals surface area contributed by atoms with Gasteiger partial charge in [0.1, 0.15) is 0 Å². The Balaban J connectivity index is 1.15. The summed E-state index contributed by atoms with van der Waals surface area (Å²) in [7, 11) is 0. The summed E-state index contributed by atoms with van der Waals surface area (Å²) in [6.45, 7) is 0. The minimum absolute atomic E-state index is 0.589. The molecule has 0 N–H and O–H groups in total. The van der Waals surface area contributed by atoms with Crippen molar-refractivity contribution in [3.05, 3.63) is 170 Å². The van der Waals surface area contributed by atoms with Crippen molar-refractivity contribution < 1.29 is 0 Å². The number of fused-ring (bicyclic) bond motifs is 6. The van der Waals surface area contributed by atoms with Gasteiger partial charge >= 0.3 is 0 Å². The number of aromatic nitrogens is 4. The zero-order valence-corrected chi connectivity index (χ0v) is 27.7. The molecule has 0 radical (unpaired) electrons. The van der Waals surface area contributed by atoms with Gasteiger partial charge in [-0.2, -0.15) is 9.97 Å². The maximum atomic E-state index is 5.18. The molecule has 0 saturated carbocycles. The van der Waals surface area contributed by atoms with Crippen LogP contribution in [0.5, 0.6) is 0 Å². The van der Waals surface area contributed by atoms with Crippen molar-refractivity contribution in [3.8, 4) is 51.0 Å². The summed E-state index contributed by atoms with van der Waals surface area (Å²) >= 11 is 1.85. The van der Waals surface area contributed by atoms with E-state index in [-0.39, 0.29) is 0 Å². The van der Waals surface area contributed by atoms with Gasteiger partial charge in [0, 0.05) is 42.1 Å². The van der Waals surface area contributed by atoms with Gasteiger partial charge in [-0.3, -0.25) is 4.57 Å². The average Bonchev–Trinajstić information content (AvgIpc) is 3.74. The van der Waals surface area contributed by atoms with Gasteiger partial charge < -0.3 is 0 Å². The highest BCUT2D eigenvalue weighted by Crippen LogP contribution is 2.40. The Bertz CT molecular complexity index is 2810. The summed E-state index contributed by atoms with van der Waals surface area (Å²) in [5.41, 5.74) is 8.64. The van der Waals surface area contributed by atoms with Crippen molar-refractivity contribution in [3.63, 3.8) is 0 Å². The van der Waals surface area contributed by atoms with E-state index in [1.807, 2.05) is 17.4 Å². The molecule has 0 aliphatic heterocycles. The molecular weight excluding hydrogens is 629 g/mol. The Morgan fingerprint density at radius 1 is 0.380 bits per heavy atom. The van der Waals surface area contributed by atoms with Gasteiger partial charge in [0.2, 0.25) is 5.95 Å². The molecule has 0 aliphatic carbocycles. The SMILES string of the molecule is c1ccc(-c2cccc(-c3nc(-c4ccc(-c5cccc6c5sc5ccccc56)cc4)nc(-n4c5ccccc5c5ccccc54)n3)c2)cc1. The first-order valence-corrected chi connectivity index (χ1v) is 17.5. The van der Waals surface area contributed by atoms with Gasteiger partial charge in [0.25, 0.3) is 0 Å². The zero-order valence-electron chi connectivity index (χ0n) is 26.9. The molecule has 0 unspecified atom stereocenters. The molecule has 10 rings (SSSR count). The highest BCUT2D eigenvalue weighted by Gasteiger charge is 2.18. The molecule has 0 amide bonds. The summed E-state index contributed by atoms with van der Waals surface area (Å²) in [6, 6.07) is 59.7. The van der Waals surface area contributed by atoms with E-state index >= 15 is 0 Å². The van der Waals surface area contributed by atoms with Crippen LogP contribution in [0, 0.1) is 0 Å². The van der Waals surface area contributed by atoms with Gasteiger partial charge in [-0.1, -0.05) is 146 Å². The fourth-order valence-corrected chi connectivity index (χ4v) is 8.34. The van der Waals surface area contributed by atoms with Crippen molar-refractivity contribution in [2.45, 2.75) is 0 Å². The molecule has 0 aliphatic rings. The van der Waals surface area contributed by atoms with Crippen molar-refractivity contribution >= 4 is 53.3 Å². The second-order valence-electron chi connectivity index (χ2n) is 12.5. The third-order valence-electron chi connectivity index (χ3n) is 9.49. The molecule has 0 fully saturated rings. The Morgan fingerprint density at radius 2 is 0.940 bits per heavy atom. The topological polar surface area (TPSA) is 43.6 Å². The molecule has 0 atom stereocenters. The summed E-state index contributed by atoms with van der Waals surface area (Å²) in [6.07, 6.45) is 0. The number of benzene rings is 7. The molecule has 4 nitrogen and oxygen atoms in total. The van der Waals surface area contributed by atoms with Crippen LogP contribution >= 0.6 is 11.3 Å². The lowest BCUT2D eigenvalue weighted by molar-refractivity contribution is 0.953. The van der Waals surface area contributed by atoms with E-state index in [2.05, 4.69) is 168 Å². The van der Waals surface area contributed by atoms with Gasteiger partial charge in [-0.15, -0.1) is 11.3 Å². The molecule has 0 spiro atoms. The minimum Gasteiger partial charge on any atom is -0.278 e.